The number of aryl methyl sites for hydroxylation is 3. The summed E-state index contributed by atoms with van der Waals surface area (Å²) >= 11 is 19.3. The van der Waals surface area contributed by atoms with Crippen LogP contribution < -0.4 is 118 Å². The van der Waals surface area contributed by atoms with Gasteiger partial charge >= 0.3 is 103 Å². The first-order valence-corrected chi connectivity index (χ1v) is 13.1. The normalized spacial score (nSPS) is 10.1. The maximum Gasteiger partial charge on any atom is 1.00 e. The summed E-state index contributed by atoms with van der Waals surface area (Å²) in [6, 6.07) is 3.23. The van der Waals surface area contributed by atoms with E-state index in [1.165, 1.54) is 0 Å². The van der Waals surface area contributed by atoms with Crippen LogP contribution in [0.5, 0.6) is 5.75 Å². The third-order valence-electron chi connectivity index (χ3n) is 6.03. The Bertz CT molecular complexity index is 1560. The molecule has 39 heavy (non-hydrogen) atoms. The second-order valence-electron chi connectivity index (χ2n) is 8.13. The minimum Gasteiger partial charge on any atom is -0.872 e. The molecule has 0 unspecified atom stereocenters. The van der Waals surface area contributed by atoms with Crippen molar-refractivity contribution in [3.05, 3.63) is 70.8 Å². The topological polar surface area (TPSA) is 93.4 Å². The van der Waals surface area contributed by atoms with Crippen LogP contribution in [0.3, 0.4) is 0 Å². The molecule has 0 fully saturated rings. The molecule has 0 saturated carbocycles. The Balaban J connectivity index is 0.00000230. The van der Waals surface area contributed by atoms with Crippen LogP contribution in [-0.4, -0.2) is 5.97 Å². The van der Waals surface area contributed by atoms with Gasteiger partial charge in [-0.3, -0.25) is 4.79 Å². The minimum absolute atomic E-state index is 0. The van der Waals surface area contributed by atoms with E-state index in [1.54, 1.807) is 46.8 Å². The van der Waals surface area contributed by atoms with E-state index < -0.39 is 5.97 Å². The van der Waals surface area contributed by atoms with Gasteiger partial charge in [0.05, 0.1) is 21.0 Å². The monoisotopic (exact) mass is 640 g/mol. The molecule has 0 N–H and O–H groups in total. The van der Waals surface area contributed by atoms with Gasteiger partial charge in [0.2, 0.25) is 0 Å². The molecule has 0 bridgehead atoms. The third kappa shape index (κ3) is 7.20. The number of rotatable bonds is 2. The van der Waals surface area contributed by atoms with E-state index >= 15 is 0 Å². The molecule has 1 heterocycles. The van der Waals surface area contributed by atoms with Crippen molar-refractivity contribution >= 4 is 51.7 Å². The predicted octanol–water partition coefficient (Wildman–Crippen LogP) is 1.56. The van der Waals surface area contributed by atoms with Gasteiger partial charge in [-0.2, -0.15) is 0 Å². The summed E-state index contributed by atoms with van der Waals surface area (Å²) in [6.07, 6.45) is 0. The zero-order chi connectivity index (χ0) is 28.5. The SMILES string of the molecule is CC.CC.Cc1cc2c(-c3c(Cl)c(C)c(Cl)c(Cl)c3C(=O)[O-])c3cc(C)c(=O)c(C)c-3oc2c(C)c1[O-].[K+].[K+]. The number of hydrogen-bond acceptors (Lipinski definition) is 5. The van der Waals surface area contributed by atoms with Gasteiger partial charge in [0, 0.05) is 33.2 Å². The third-order valence-corrected chi connectivity index (χ3v) is 7.45. The number of carboxylic acid groups (broad SMARTS) is 1. The molecule has 2 aliphatic rings. The number of carbonyl (C=O) groups excluding carboxylic acids is 1. The van der Waals surface area contributed by atoms with Gasteiger partial charge in [0.1, 0.15) is 11.3 Å². The van der Waals surface area contributed by atoms with E-state index in [-0.39, 0.29) is 151 Å². The molecule has 4 rings (SSSR count). The molecule has 10 heteroatoms. The second kappa shape index (κ2) is 16.4. The van der Waals surface area contributed by atoms with Crippen molar-refractivity contribution in [2.75, 3.05) is 0 Å². The van der Waals surface area contributed by atoms with Gasteiger partial charge in [-0.15, -0.1) is 0 Å². The van der Waals surface area contributed by atoms with Crippen molar-refractivity contribution in [1.82, 2.24) is 0 Å². The smallest absolute Gasteiger partial charge is 0.872 e. The van der Waals surface area contributed by atoms with Gasteiger partial charge in [-0.1, -0.05) is 73.8 Å². The molecule has 0 saturated heterocycles. The van der Waals surface area contributed by atoms with Gasteiger partial charge in [-0.05, 0) is 63.4 Å². The van der Waals surface area contributed by atoms with Gasteiger partial charge < -0.3 is 19.4 Å². The number of carbonyl (C=O) groups is 1. The molecule has 0 radical (unpaired) electrons. The number of hydrogen-bond donors (Lipinski definition) is 0. The molecule has 198 valence electrons. The first kappa shape index (κ1) is 39.5. The van der Waals surface area contributed by atoms with E-state index in [1.807, 2.05) is 27.7 Å². The average Bonchev–Trinajstić information content (AvgIpc) is 2.88. The van der Waals surface area contributed by atoms with Crippen molar-refractivity contribution in [3.8, 4) is 28.2 Å². The van der Waals surface area contributed by atoms with Crippen LogP contribution in [0, 0.1) is 34.6 Å². The molecular weight excluding hydrogens is 613 g/mol. The first-order valence-electron chi connectivity index (χ1n) is 11.9. The Morgan fingerprint density at radius 3 is 1.82 bits per heavy atom. The summed E-state index contributed by atoms with van der Waals surface area (Å²) in [6.45, 7) is 16.2. The molecule has 2 aromatic carbocycles. The van der Waals surface area contributed by atoms with Crippen LogP contribution in [0.4, 0.5) is 0 Å². The molecule has 1 aliphatic carbocycles. The zero-order valence-corrected chi connectivity index (χ0v) is 32.8. The molecule has 2 aromatic rings. The molecule has 0 amide bonds. The van der Waals surface area contributed by atoms with Crippen molar-refractivity contribution in [2.24, 2.45) is 0 Å². The largest absolute Gasteiger partial charge is 1.00 e. The maximum absolute atomic E-state index is 12.7. The number of benzene rings is 3. The molecule has 5 nitrogen and oxygen atoms in total. The maximum atomic E-state index is 12.7. The first-order chi connectivity index (χ1) is 17.4. The number of aromatic carboxylic acids is 1. The fraction of sp³-hybridized carbons (Fsp3) is 0.310. The second-order valence-corrected chi connectivity index (χ2v) is 9.26. The number of fused-ring (bicyclic) bond motifs is 2. The number of halogens is 3. The predicted molar refractivity (Wildman–Crippen MR) is 150 cm³/mol. The van der Waals surface area contributed by atoms with Crippen molar-refractivity contribution < 1.29 is 122 Å². The van der Waals surface area contributed by atoms with Crippen molar-refractivity contribution in [3.63, 3.8) is 0 Å². The van der Waals surface area contributed by atoms with E-state index in [9.17, 15) is 19.8 Å². The summed E-state index contributed by atoms with van der Waals surface area (Å²) in [5.74, 6) is -1.56. The van der Waals surface area contributed by atoms with Crippen LogP contribution in [0.25, 0.3) is 33.4 Å². The summed E-state index contributed by atoms with van der Waals surface area (Å²) in [4.78, 5) is 24.9. The molecular formula is C29H29Cl3K2O5. The van der Waals surface area contributed by atoms with Crippen LogP contribution in [0.1, 0.15) is 65.9 Å². The summed E-state index contributed by atoms with van der Waals surface area (Å²) in [7, 11) is 0. The van der Waals surface area contributed by atoms with Crippen molar-refractivity contribution in [1.29, 1.82) is 0 Å². The standard InChI is InChI=1S/C25H19Cl3O5.2C2H6.2K/c1-8-6-13-15(16-17(25(31)32)20(28)19(27)10(3)18(16)26)14-7-9(2)22(30)12(5)24(14)33-23(13)11(4)21(8)29;2*1-2;;/h6-7,29H,1-5H3,(H,31,32);2*1-2H3;;/q;;;2*+1/p-2. The molecule has 1 aliphatic heterocycles. The quantitative estimate of drug-likeness (QED) is 0.188. The molecule has 0 aromatic heterocycles. The fourth-order valence-corrected chi connectivity index (χ4v) is 5.09. The van der Waals surface area contributed by atoms with E-state index in [0.717, 1.165) is 0 Å². The Labute approximate surface area is 329 Å². The van der Waals surface area contributed by atoms with E-state index in [4.69, 9.17) is 39.2 Å². The van der Waals surface area contributed by atoms with Gasteiger partial charge in [-0.25, -0.2) is 0 Å². The average molecular weight is 642 g/mol. The minimum atomic E-state index is -1.57. The van der Waals surface area contributed by atoms with Crippen LogP contribution in [0.2, 0.25) is 15.1 Å². The molecule has 0 atom stereocenters. The number of carboxylic acids is 1. The summed E-state index contributed by atoms with van der Waals surface area (Å²) in [5, 5.41) is 25.2. The van der Waals surface area contributed by atoms with Gasteiger partial charge in [0.15, 0.2) is 5.43 Å². The zero-order valence-electron chi connectivity index (χ0n) is 24.3. The van der Waals surface area contributed by atoms with E-state index in [2.05, 4.69) is 0 Å². The van der Waals surface area contributed by atoms with Gasteiger partial charge in [0.25, 0.3) is 0 Å². The fourth-order valence-electron chi connectivity index (χ4n) is 4.25. The Kier molecular flexibility index (Phi) is 16.6. The van der Waals surface area contributed by atoms with E-state index in [0.29, 0.717) is 44.3 Å². The Morgan fingerprint density at radius 1 is 0.769 bits per heavy atom. The van der Waals surface area contributed by atoms with Crippen molar-refractivity contribution in [2.45, 2.75) is 62.3 Å². The summed E-state index contributed by atoms with van der Waals surface area (Å²) < 4.78 is 6.10. The Morgan fingerprint density at radius 2 is 1.31 bits per heavy atom. The van der Waals surface area contributed by atoms with Crippen LogP contribution >= 0.6 is 34.8 Å². The summed E-state index contributed by atoms with van der Waals surface area (Å²) in [5.41, 5.74) is 2.44. The molecule has 0 spiro atoms. The van der Waals surface area contributed by atoms with Crippen LogP contribution in [-0.2, 0) is 0 Å². The Hall–Kier alpha value is 0.543. The van der Waals surface area contributed by atoms with Crippen LogP contribution in [0.15, 0.2) is 21.3 Å².